The predicted octanol–water partition coefficient (Wildman–Crippen LogP) is 8.85. The molecule has 1 aromatic rings. The van der Waals surface area contributed by atoms with Gasteiger partial charge in [0, 0.05) is 0 Å². The highest BCUT2D eigenvalue weighted by Gasteiger charge is 2.81. The van der Waals surface area contributed by atoms with E-state index in [0.29, 0.717) is 24.3 Å². The fraction of sp³-hybridized carbons (Fsp3) is 0.636. The third-order valence-electron chi connectivity index (χ3n) is 5.50. The molecule has 0 aliphatic rings. The Labute approximate surface area is 260 Å². The van der Waals surface area contributed by atoms with Gasteiger partial charge in [-0.05, 0) is 24.3 Å². The van der Waals surface area contributed by atoms with Gasteiger partial charge >= 0.3 is 72.4 Å². The zero-order valence-electron chi connectivity index (χ0n) is 22.9. The molecule has 0 saturated carbocycles. The summed E-state index contributed by atoms with van der Waals surface area (Å²) in [6.07, 6.45) is -48.2. The summed E-state index contributed by atoms with van der Waals surface area (Å²) in [7, 11) is 0. The molecule has 28 heteroatoms. The lowest BCUT2D eigenvalue weighted by atomic mass is 10.1. The first-order valence-electron chi connectivity index (χ1n) is 11.9. The minimum Gasteiger partial charge on any atom is -0.462 e. The first-order chi connectivity index (χ1) is 21.9. The van der Waals surface area contributed by atoms with Gasteiger partial charge in [-0.15, -0.1) is 0 Å². The summed E-state index contributed by atoms with van der Waals surface area (Å²) >= 11 is 0. The van der Waals surface area contributed by atoms with Crippen LogP contribution in [0, 0.1) is 0 Å². The van der Waals surface area contributed by atoms with E-state index in [0.717, 1.165) is 0 Å². The molecule has 290 valence electrons. The van der Waals surface area contributed by atoms with Gasteiger partial charge in [0.2, 0.25) is 0 Å². The van der Waals surface area contributed by atoms with E-state index >= 15 is 0 Å². The molecular weight excluding hydrogens is 778 g/mol. The number of alkyl halides is 22. The third-order valence-corrected chi connectivity index (χ3v) is 5.50. The molecule has 0 aromatic heterocycles. The van der Waals surface area contributed by atoms with Gasteiger partial charge in [-0.1, -0.05) is 0 Å². The van der Waals surface area contributed by atoms with Crippen LogP contribution >= 0.6 is 0 Å². The Balaban J connectivity index is 2.85. The van der Waals surface area contributed by atoms with Crippen LogP contribution < -0.4 is 0 Å². The first-order valence-corrected chi connectivity index (χ1v) is 11.9. The largest absolute Gasteiger partial charge is 0.462 e. The van der Waals surface area contributed by atoms with E-state index in [-0.39, 0.29) is 0 Å². The van der Waals surface area contributed by atoms with Crippen LogP contribution in [-0.4, -0.2) is 85.6 Å². The Kier molecular flexibility index (Phi) is 12.4. The van der Waals surface area contributed by atoms with Gasteiger partial charge in [-0.3, -0.25) is 9.47 Å². The molecule has 0 fully saturated rings. The highest BCUT2D eigenvalue weighted by molar-refractivity contribution is 5.93. The molecule has 0 aliphatic carbocycles. The van der Waals surface area contributed by atoms with E-state index < -0.39 is 110 Å². The predicted molar refractivity (Wildman–Crippen MR) is 110 cm³/mol. The molecule has 0 amide bonds. The summed E-state index contributed by atoms with van der Waals surface area (Å²) in [5.41, 5.74) is -1.67. The molecule has 0 aliphatic heterocycles. The lowest BCUT2D eigenvalue weighted by Crippen LogP contribution is -2.61. The third kappa shape index (κ3) is 9.45. The van der Waals surface area contributed by atoms with Crippen molar-refractivity contribution in [3.05, 3.63) is 35.4 Å². The monoisotopic (exact) mass is 790 g/mol. The van der Waals surface area contributed by atoms with Crippen molar-refractivity contribution < 1.29 is 125 Å². The second kappa shape index (κ2) is 13.9. The maximum Gasteiger partial charge on any atom is 0.458 e. The number of carbonyl (C=O) groups is 2. The molecule has 0 atom stereocenters. The maximum atomic E-state index is 13.7. The summed E-state index contributed by atoms with van der Waals surface area (Å²) in [6.45, 7) is -3.88. The van der Waals surface area contributed by atoms with E-state index in [1.54, 1.807) is 0 Å². The van der Waals surface area contributed by atoms with Crippen molar-refractivity contribution in [3.8, 4) is 0 Å². The normalized spacial score (nSPS) is 14.8. The van der Waals surface area contributed by atoms with Gasteiger partial charge < -0.3 is 9.47 Å². The van der Waals surface area contributed by atoms with Gasteiger partial charge in [0.1, 0.15) is 0 Å². The molecule has 0 heterocycles. The molecule has 0 radical (unpaired) electrons. The Morgan fingerprint density at radius 1 is 0.420 bits per heavy atom. The SMILES string of the molecule is O=C(OCCC(F)(F)C(F)(F)OC(F)(C(F)(F)F)C(F)(F)F)c1ccc(C(=O)OCCC(F)(F)C(F)(F)OC(F)(C(F)(F)F)C(F)(F)F)cc1. The average Bonchev–Trinajstić information content (AvgIpc) is 2.89. The zero-order chi connectivity index (χ0) is 39.8. The molecule has 0 unspecified atom stereocenters. The van der Waals surface area contributed by atoms with Gasteiger partial charge in [-0.2, -0.15) is 96.6 Å². The quantitative estimate of drug-likeness (QED) is 0.139. The molecule has 1 aromatic carbocycles. The Morgan fingerprint density at radius 3 is 0.840 bits per heavy atom. The number of benzene rings is 1. The summed E-state index contributed by atoms with van der Waals surface area (Å²) in [5.74, 6) is -30.3. The molecular formula is C22H12F22O6. The lowest BCUT2D eigenvalue weighted by Gasteiger charge is -2.35. The van der Waals surface area contributed by atoms with E-state index in [4.69, 9.17) is 0 Å². The van der Waals surface area contributed by atoms with Crippen LogP contribution in [-0.2, 0) is 18.9 Å². The number of halogens is 22. The van der Waals surface area contributed by atoms with Crippen LogP contribution in [0.1, 0.15) is 33.6 Å². The zero-order valence-corrected chi connectivity index (χ0v) is 22.9. The Bertz CT molecular complexity index is 1200. The number of esters is 2. The van der Waals surface area contributed by atoms with Gasteiger partial charge in [0.05, 0.1) is 37.2 Å². The van der Waals surface area contributed by atoms with Gasteiger partial charge in [0.25, 0.3) is 0 Å². The van der Waals surface area contributed by atoms with Gasteiger partial charge in [0.15, 0.2) is 0 Å². The van der Waals surface area contributed by atoms with Crippen molar-refractivity contribution in [1.29, 1.82) is 0 Å². The van der Waals surface area contributed by atoms with Gasteiger partial charge in [-0.25, -0.2) is 9.59 Å². The summed E-state index contributed by atoms with van der Waals surface area (Å²) in [4.78, 5) is 23.7. The number of ether oxygens (including phenoxy) is 4. The van der Waals surface area contributed by atoms with E-state index in [1.807, 2.05) is 9.47 Å². The average molecular weight is 790 g/mol. The Morgan fingerprint density at radius 2 is 0.640 bits per heavy atom. The minimum absolute atomic E-state index is 0.463. The number of hydrogen-bond donors (Lipinski definition) is 0. The van der Waals surface area contributed by atoms with Crippen molar-refractivity contribution >= 4 is 11.9 Å². The molecule has 6 nitrogen and oxygen atoms in total. The van der Waals surface area contributed by atoms with E-state index in [1.165, 1.54) is 0 Å². The highest BCUT2D eigenvalue weighted by Crippen LogP contribution is 2.54. The fourth-order valence-electron chi connectivity index (χ4n) is 2.80. The molecule has 0 spiro atoms. The van der Waals surface area contributed by atoms with Crippen molar-refractivity contribution in [1.82, 2.24) is 0 Å². The standard InChI is InChI=1S/C22H12F22O6/c23-13(24,21(41,42)49-15(27,17(29,30)31)18(32,33)34)5-7-47-11(45)9-1-2-10(4-3-9)12(46)48-8-6-14(25,26)22(43,44)50-16(28,19(35,36)37)20(38,39)40/h1-4H,5-8H2. The van der Waals surface area contributed by atoms with Crippen LogP contribution in [0.4, 0.5) is 96.6 Å². The molecule has 0 saturated heterocycles. The second-order valence-corrected chi connectivity index (χ2v) is 9.18. The first kappa shape index (κ1) is 44.6. The van der Waals surface area contributed by atoms with Crippen molar-refractivity contribution in [2.24, 2.45) is 0 Å². The fourth-order valence-corrected chi connectivity index (χ4v) is 2.80. The summed E-state index contributed by atoms with van der Waals surface area (Å²) in [5, 5.41) is 0. The van der Waals surface area contributed by atoms with Crippen molar-refractivity contribution in [3.63, 3.8) is 0 Å². The summed E-state index contributed by atoms with van der Waals surface area (Å²) < 4.78 is 296. The van der Waals surface area contributed by atoms with Crippen LogP contribution in [0.5, 0.6) is 0 Å². The van der Waals surface area contributed by atoms with Crippen LogP contribution in [0.25, 0.3) is 0 Å². The molecule has 1 rings (SSSR count). The second-order valence-electron chi connectivity index (χ2n) is 9.18. The number of carbonyl (C=O) groups excluding carboxylic acids is 2. The van der Waals surface area contributed by atoms with E-state index in [2.05, 4.69) is 9.47 Å². The van der Waals surface area contributed by atoms with Crippen molar-refractivity contribution in [2.75, 3.05) is 13.2 Å². The Hall–Kier alpha value is -3.46. The number of rotatable bonds is 14. The van der Waals surface area contributed by atoms with Crippen LogP contribution in [0.3, 0.4) is 0 Å². The highest BCUT2D eigenvalue weighted by atomic mass is 19.4. The van der Waals surface area contributed by atoms with Crippen molar-refractivity contribution in [2.45, 2.75) is 73.3 Å². The molecule has 0 bridgehead atoms. The lowest BCUT2D eigenvalue weighted by molar-refractivity contribution is -0.503. The topological polar surface area (TPSA) is 71.1 Å². The maximum absolute atomic E-state index is 13.7. The minimum atomic E-state index is -7.34. The smallest absolute Gasteiger partial charge is 0.458 e. The molecule has 0 N–H and O–H groups in total. The number of hydrogen-bond acceptors (Lipinski definition) is 6. The van der Waals surface area contributed by atoms with Crippen LogP contribution in [0.2, 0.25) is 0 Å². The molecule has 50 heavy (non-hydrogen) atoms. The summed E-state index contributed by atoms with van der Waals surface area (Å²) in [6, 6.07) is 1.85. The van der Waals surface area contributed by atoms with Crippen LogP contribution in [0.15, 0.2) is 24.3 Å². The van der Waals surface area contributed by atoms with E-state index in [9.17, 15) is 106 Å².